The number of nitrogens with one attached hydrogen (secondary N) is 1. The zero-order chi connectivity index (χ0) is 26.5. The van der Waals surface area contributed by atoms with Crippen molar-refractivity contribution in [2.45, 2.75) is 39.5 Å². The molecule has 3 aromatic heterocycles. The first-order valence-electron chi connectivity index (χ1n) is 12.8. The Labute approximate surface area is 229 Å². The second-order valence-corrected chi connectivity index (χ2v) is 9.89. The monoisotopic (exact) mass is 531 g/mol. The number of rotatable bonds is 9. The molecule has 1 fully saturated rings. The van der Waals surface area contributed by atoms with Crippen LogP contribution in [0.25, 0.3) is 17.0 Å². The standard InChI is InChI=1S/C28H33N7O3.CH4/c1-28(2,29)27(36)31-22(19-38-18-20-8-4-3-5-9-20)26-33-32-25-13-7-11-23(35(25)26)21-10-6-12-24(30-21)34-14-16-37-17-15-34;/h3-13,22H,14-19,29H2,1-2H3,(H,31,36);1H4/t22-;/m1./s1. The molecular formula is C29H37N7O3. The normalized spacial score (nSPS) is 14.6. The van der Waals surface area contributed by atoms with E-state index in [-0.39, 0.29) is 19.9 Å². The SMILES string of the molecule is C.CC(C)(N)C(=O)N[C@H](COCc1ccccc1)c1nnc2cccc(-c3cccc(N4CCOCC4)n3)n12. The molecule has 1 aromatic carbocycles. The van der Waals surface area contributed by atoms with Crippen molar-refractivity contribution in [1.82, 2.24) is 24.9 Å². The fourth-order valence-electron chi connectivity index (χ4n) is 4.32. The van der Waals surface area contributed by atoms with Crippen LogP contribution >= 0.6 is 0 Å². The summed E-state index contributed by atoms with van der Waals surface area (Å²) in [6.07, 6.45) is 0. The number of morpholine rings is 1. The molecule has 0 radical (unpaired) electrons. The number of ether oxygens (including phenoxy) is 2. The molecule has 1 aliphatic heterocycles. The predicted molar refractivity (Wildman–Crippen MR) is 151 cm³/mol. The van der Waals surface area contributed by atoms with Crippen molar-refractivity contribution in [3.05, 3.63) is 78.1 Å². The van der Waals surface area contributed by atoms with Crippen LogP contribution in [0, 0.1) is 0 Å². The maximum atomic E-state index is 12.9. The van der Waals surface area contributed by atoms with E-state index >= 15 is 0 Å². The Morgan fingerprint density at radius 3 is 2.54 bits per heavy atom. The first-order valence-corrected chi connectivity index (χ1v) is 12.8. The number of hydrogen-bond acceptors (Lipinski definition) is 8. The van der Waals surface area contributed by atoms with Crippen LogP contribution in [0.5, 0.6) is 0 Å². The van der Waals surface area contributed by atoms with Crippen LogP contribution in [-0.4, -0.2) is 63.9 Å². The molecule has 0 aliphatic carbocycles. The Hall–Kier alpha value is -3.86. The van der Waals surface area contributed by atoms with Gasteiger partial charge in [0.05, 0.1) is 43.4 Å². The summed E-state index contributed by atoms with van der Waals surface area (Å²) in [7, 11) is 0. The van der Waals surface area contributed by atoms with Crippen molar-refractivity contribution in [3.63, 3.8) is 0 Å². The zero-order valence-electron chi connectivity index (χ0n) is 21.7. The number of carbonyl (C=O) groups excluding carboxylic acids is 1. The smallest absolute Gasteiger partial charge is 0.240 e. The zero-order valence-corrected chi connectivity index (χ0v) is 21.7. The number of anilines is 1. The number of carbonyl (C=O) groups is 1. The number of benzene rings is 1. The number of amides is 1. The van der Waals surface area contributed by atoms with E-state index in [4.69, 9.17) is 20.2 Å². The Morgan fingerprint density at radius 2 is 1.79 bits per heavy atom. The molecular weight excluding hydrogens is 494 g/mol. The molecule has 3 N–H and O–H groups in total. The van der Waals surface area contributed by atoms with E-state index in [2.05, 4.69) is 20.4 Å². The summed E-state index contributed by atoms with van der Waals surface area (Å²) in [5, 5.41) is 11.9. The summed E-state index contributed by atoms with van der Waals surface area (Å²) in [6.45, 7) is 6.86. The molecule has 1 atom stereocenters. The third-order valence-electron chi connectivity index (χ3n) is 6.38. The number of aromatic nitrogens is 4. The van der Waals surface area contributed by atoms with Crippen LogP contribution < -0.4 is 16.0 Å². The van der Waals surface area contributed by atoms with E-state index < -0.39 is 11.6 Å². The van der Waals surface area contributed by atoms with Gasteiger partial charge in [-0.1, -0.05) is 49.9 Å². The summed E-state index contributed by atoms with van der Waals surface area (Å²) in [4.78, 5) is 20.1. The molecule has 0 saturated carbocycles. The summed E-state index contributed by atoms with van der Waals surface area (Å²) in [6, 6.07) is 21.0. The van der Waals surface area contributed by atoms with Gasteiger partial charge in [-0.05, 0) is 43.7 Å². The van der Waals surface area contributed by atoms with Gasteiger partial charge in [-0.3, -0.25) is 9.20 Å². The van der Waals surface area contributed by atoms with Crippen LogP contribution in [-0.2, 0) is 20.9 Å². The number of nitrogens with zero attached hydrogens (tertiary/aromatic N) is 5. The van der Waals surface area contributed by atoms with Gasteiger partial charge < -0.3 is 25.4 Å². The molecule has 4 heterocycles. The molecule has 39 heavy (non-hydrogen) atoms. The highest BCUT2D eigenvalue weighted by atomic mass is 16.5. The molecule has 5 rings (SSSR count). The highest BCUT2D eigenvalue weighted by Gasteiger charge is 2.29. The van der Waals surface area contributed by atoms with E-state index in [1.54, 1.807) is 13.8 Å². The highest BCUT2D eigenvalue weighted by Crippen LogP contribution is 2.25. The van der Waals surface area contributed by atoms with Gasteiger partial charge in [0.25, 0.3) is 0 Å². The summed E-state index contributed by atoms with van der Waals surface area (Å²) < 4.78 is 13.5. The van der Waals surface area contributed by atoms with Gasteiger partial charge in [-0.25, -0.2) is 4.98 Å². The minimum Gasteiger partial charge on any atom is -0.378 e. The van der Waals surface area contributed by atoms with Crippen molar-refractivity contribution in [2.24, 2.45) is 5.73 Å². The van der Waals surface area contributed by atoms with Crippen molar-refractivity contribution >= 4 is 17.4 Å². The summed E-state index contributed by atoms with van der Waals surface area (Å²) in [5.74, 6) is 1.12. The van der Waals surface area contributed by atoms with E-state index in [0.717, 1.165) is 35.9 Å². The fourth-order valence-corrected chi connectivity index (χ4v) is 4.32. The third-order valence-corrected chi connectivity index (χ3v) is 6.38. The molecule has 0 bridgehead atoms. The van der Waals surface area contributed by atoms with Crippen LogP contribution in [0.15, 0.2) is 66.7 Å². The number of nitrogens with two attached hydrogens (primary N) is 1. The number of fused-ring (bicyclic) bond motifs is 1. The molecule has 0 unspecified atom stereocenters. The van der Waals surface area contributed by atoms with Crippen LogP contribution in [0.2, 0.25) is 0 Å². The van der Waals surface area contributed by atoms with Gasteiger partial charge in [-0.15, -0.1) is 10.2 Å². The topological polar surface area (TPSA) is 120 Å². The molecule has 1 saturated heterocycles. The molecule has 4 aromatic rings. The highest BCUT2D eigenvalue weighted by molar-refractivity contribution is 5.85. The van der Waals surface area contributed by atoms with Crippen LogP contribution in [0.1, 0.15) is 38.7 Å². The molecule has 10 nitrogen and oxygen atoms in total. The average molecular weight is 532 g/mol. The molecule has 1 amide bonds. The predicted octanol–water partition coefficient (Wildman–Crippen LogP) is 3.38. The molecule has 206 valence electrons. The molecule has 0 spiro atoms. The van der Waals surface area contributed by atoms with E-state index in [1.807, 2.05) is 71.1 Å². The molecule has 10 heteroatoms. The maximum Gasteiger partial charge on any atom is 0.240 e. The van der Waals surface area contributed by atoms with Gasteiger partial charge in [0.1, 0.15) is 11.9 Å². The quantitative estimate of drug-likeness (QED) is 0.337. The lowest BCUT2D eigenvalue weighted by molar-refractivity contribution is -0.126. The summed E-state index contributed by atoms with van der Waals surface area (Å²) >= 11 is 0. The average Bonchev–Trinajstić information content (AvgIpc) is 3.37. The van der Waals surface area contributed by atoms with Crippen molar-refractivity contribution in [1.29, 1.82) is 0 Å². The molecule has 1 aliphatic rings. The first kappa shape index (κ1) is 28.2. The van der Waals surface area contributed by atoms with Crippen LogP contribution in [0.3, 0.4) is 0 Å². The second-order valence-electron chi connectivity index (χ2n) is 9.89. The van der Waals surface area contributed by atoms with E-state index in [1.165, 1.54) is 0 Å². The minimum absolute atomic E-state index is 0. The Balaban J connectivity index is 0.00000353. The van der Waals surface area contributed by atoms with Gasteiger partial charge in [-0.2, -0.15) is 0 Å². The van der Waals surface area contributed by atoms with Crippen molar-refractivity contribution < 1.29 is 14.3 Å². The largest absolute Gasteiger partial charge is 0.378 e. The maximum absolute atomic E-state index is 12.9. The van der Waals surface area contributed by atoms with Crippen molar-refractivity contribution in [2.75, 3.05) is 37.8 Å². The lowest BCUT2D eigenvalue weighted by Crippen LogP contribution is -2.51. The van der Waals surface area contributed by atoms with Crippen molar-refractivity contribution in [3.8, 4) is 11.4 Å². The lowest BCUT2D eigenvalue weighted by atomic mass is 10.1. The number of hydrogen-bond donors (Lipinski definition) is 2. The lowest BCUT2D eigenvalue weighted by Gasteiger charge is -2.28. The second kappa shape index (κ2) is 12.3. The minimum atomic E-state index is -1.07. The van der Waals surface area contributed by atoms with Gasteiger partial charge in [0.2, 0.25) is 5.91 Å². The number of pyridine rings is 2. The van der Waals surface area contributed by atoms with Gasteiger partial charge >= 0.3 is 0 Å². The first-order chi connectivity index (χ1) is 18.4. The van der Waals surface area contributed by atoms with Crippen LogP contribution in [0.4, 0.5) is 5.82 Å². The van der Waals surface area contributed by atoms with E-state index in [0.29, 0.717) is 31.3 Å². The summed E-state index contributed by atoms with van der Waals surface area (Å²) in [5.41, 5.74) is 8.29. The van der Waals surface area contributed by atoms with Gasteiger partial charge in [0, 0.05) is 13.1 Å². The Kier molecular flexibility index (Phi) is 8.90. The third kappa shape index (κ3) is 6.59. The Morgan fingerprint density at radius 1 is 1.05 bits per heavy atom. The van der Waals surface area contributed by atoms with Gasteiger partial charge in [0.15, 0.2) is 11.5 Å². The fraction of sp³-hybridized carbons (Fsp3) is 0.379. The van der Waals surface area contributed by atoms with E-state index in [9.17, 15) is 4.79 Å². The Bertz CT molecular complexity index is 1380.